The van der Waals surface area contributed by atoms with Gasteiger partial charge in [0.05, 0.1) is 15.7 Å². The fourth-order valence-electron chi connectivity index (χ4n) is 1.37. The van der Waals surface area contributed by atoms with Gasteiger partial charge in [-0.2, -0.15) is 0 Å². The summed E-state index contributed by atoms with van der Waals surface area (Å²) in [5.74, 6) is 0.534. The van der Waals surface area contributed by atoms with Crippen molar-refractivity contribution >= 4 is 28.0 Å². The van der Waals surface area contributed by atoms with Crippen LogP contribution < -0.4 is 11.1 Å². The van der Waals surface area contributed by atoms with Crippen LogP contribution in [-0.2, 0) is 10.8 Å². The Hall–Kier alpha value is -1.95. The van der Waals surface area contributed by atoms with E-state index < -0.39 is 10.8 Å². The van der Waals surface area contributed by atoms with Gasteiger partial charge in [-0.05, 0) is 18.2 Å². The van der Waals surface area contributed by atoms with Crippen molar-refractivity contribution in [3.63, 3.8) is 0 Å². The lowest BCUT2D eigenvalue weighted by Gasteiger charge is -2.08. The molecule has 1 aromatic carbocycles. The zero-order valence-corrected chi connectivity index (χ0v) is 10.1. The lowest BCUT2D eigenvalue weighted by atomic mass is 10.3. The molecule has 1 unspecified atom stereocenters. The van der Waals surface area contributed by atoms with E-state index in [1.807, 2.05) is 12.1 Å². The summed E-state index contributed by atoms with van der Waals surface area (Å²) in [6.07, 6.45) is 4.53. The predicted molar refractivity (Wildman–Crippen MR) is 68.5 cm³/mol. The van der Waals surface area contributed by atoms with E-state index in [1.165, 1.54) is 12.5 Å². The van der Waals surface area contributed by atoms with Gasteiger partial charge in [0.25, 0.3) is 0 Å². The molecule has 2 aromatic rings. The molecule has 3 N–H and O–H groups in total. The second-order valence-corrected chi connectivity index (χ2v) is 4.79. The first kappa shape index (κ1) is 11.5. The van der Waals surface area contributed by atoms with Crippen molar-refractivity contribution in [1.82, 2.24) is 9.97 Å². The number of nitrogen functional groups attached to an aromatic ring is 1. The normalized spacial score (nSPS) is 12.1. The van der Waals surface area contributed by atoms with E-state index >= 15 is 0 Å². The highest BCUT2D eigenvalue weighted by molar-refractivity contribution is 7.84. The van der Waals surface area contributed by atoms with Crippen molar-refractivity contribution in [2.24, 2.45) is 0 Å². The van der Waals surface area contributed by atoms with Crippen LogP contribution in [0.4, 0.5) is 17.2 Å². The molecule has 0 fully saturated rings. The fourth-order valence-corrected chi connectivity index (χ4v) is 1.96. The van der Waals surface area contributed by atoms with E-state index in [4.69, 9.17) is 5.73 Å². The van der Waals surface area contributed by atoms with E-state index in [0.29, 0.717) is 16.4 Å². The molecule has 1 aromatic heterocycles. The van der Waals surface area contributed by atoms with Crippen molar-refractivity contribution in [1.29, 1.82) is 0 Å². The number of benzene rings is 1. The van der Waals surface area contributed by atoms with E-state index in [9.17, 15) is 4.21 Å². The van der Waals surface area contributed by atoms with Crippen LogP contribution in [0.2, 0.25) is 0 Å². The van der Waals surface area contributed by atoms with E-state index in [0.717, 1.165) is 5.69 Å². The third-order valence-electron chi connectivity index (χ3n) is 2.14. The molecule has 1 heterocycles. The van der Waals surface area contributed by atoms with Gasteiger partial charge in [-0.1, -0.05) is 6.07 Å². The number of nitrogens with one attached hydrogen (secondary N) is 1. The van der Waals surface area contributed by atoms with Crippen LogP contribution in [0.5, 0.6) is 0 Å². The maximum Gasteiger partial charge on any atom is 0.150 e. The number of aromatic nitrogens is 2. The second-order valence-electron chi connectivity index (χ2n) is 3.44. The minimum absolute atomic E-state index is 0.534. The summed E-state index contributed by atoms with van der Waals surface area (Å²) < 4.78 is 11.5. The third-order valence-corrected chi connectivity index (χ3v) is 3.06. The molecule has 0 spiro atoms. The number of hydrogen-bond acceptors (Lipinski definition) is 5. The minimum Gasteiger partial charge on any atom is -0.399 e. The predicted octanol–water partition coefficient (Wildman–Crippen LogP) is 1.54. The molecule has 6 heteroatoms. The number of hydrogen-bond donors (Lipinski definition) is 2. The molecular weight excluding hydrogens is 236 g/mol. The first-order valence-corrected chi connectivity index (χ1v) is 6.48. The fraction of sp³-hybridized carbons (Fsp3) is 0.0909. The van der Waals surface area contributed by atoms with Gasteiger partial charge in [-0.25, -0.2) is 9.97 Å². The Morgan fingerprint density at radius 1 is 1.41 bits per heavy atom. The third kappa shape index (κ3) is 2.79. The van der Waals surface area contributed by atoms with Gasteiger partial charge >= 0.3 is 0 Å². The molecule has 0 saturated heterocycles. The van der Waals surface area contributed by atoms with Crippen LogP contribution in [0.25, 0.3) is 0 Å². The first-order chi connectivity index (χ1) is 8.16. The first-order valence-electron chi connectivity index (χ1n) is 4.93. The smallest absolute Gasteiger partial charge is 0.150 e. The number of anilines is 3. The van der Waals surface area contributed by atoms with Gasteiger partial charge in [0.1, 0.15) is 12.1 Å². The summed E-state index contributed by atoms with van der Waals surface area (Å²) in [6, 6.07) is 7.27. The molecule has 0 aliphatic rings. The average molecular weight is 248 g/mol. The van der Waals surface area contributed by atoms with Gasteiger partial charge in [0, 0.05) is 23.8 Å². The molecular formula is C11H12N4OS. The Labute approximate surface area is 102 Å². The molecule has 0 bridgehead atoms. The maximum atomic E-state index is 11.5. The van der Waals surface area contributed by atoms with Gasteiger partial charge in [-0.3, -0.25) is 4.21 Å². The minimum atomic E-state index is -1.14. The molecule has 2 rings (SSSR count). The van der Waals surface area contributed by atoms with Crippen molar-refractivity contribution < 1.29 is 4.21 Å². The van der Waals surface area contributed by atoms with Crippen molar-refractivity contribution in [3.05, 3.63) is 36.8 Å². The standard InChI is InChI=1S/C11H12N4OS/c1-17(16)10-6-13-7-14-11(10)15-9-4-2-3-8(12)5-9/h2-7H,12H2,1H3,(H,13,14,15). The number of nitrogens with zero attached hydrogens (tertiary/aromatic N) is 2. The Morgan fingerprint density at radius 3 is 2.94 bits per heavy atom. The molecule has 17 heavy (non-hydrogen) atoms. The summed E-state index contributed by atoms with van der Waals surface area (Å²) in [5.41, 5.74) is 7.13. The van der Waals surface area contributed by atoms with Crippen LogP contribution in [0.1, 0.15) is 0 Å². The zero-order valence-electron chi connectivity index (χ0n) is 9.25. The molecule has 0 aliphatic heterocycles. The Bertz CT molecular complexity index is 559. The maximum absolute atomic E-state index is 11.5. The highest BCUT2D eigenvalue weighted by atomic mass is 32.2. The molecule has 88 valence electrons. The lowest BCUT2D eigenvalue weighted by molar-refractivity contribution is 0.686. The Kier molecular flexibility index (Phi) is 3.34. The number of nitrogens with two attached hydrogens (primary N) is 1. The van der Waals surface area contributed by atoms with Gasteiger partial charge in [0.2, 0.25) is 0 Å². The van der Waals surface area contributed by atoms with Crippen LogP contribution in [0.15, 0.2) is 41.7 Å². The van der Waals surface area contributed by atoms with E-state index in [-0.39, 0.29) is 0 Å². The summed E-state index contributed by atoms with van der Waals surface area (Å²) in [4.78, 5) is 8.49. The van der Waals surface area contributed by atoms with Crippen molar-refractivity contribution in [2.45, 2.75) is 4.90 Å². The largest absolute Gasteiger partial charge is 0.399 e. The molecule has 0 aliphatic carbocycles. The van der Waals surface area contributed by atoms with Gasteiger partial charge < -0.3 is 11.1 Å². The molecule has 0 radical (unpaired) electrons. The molecule has 5 nitrogen and oxygen atoms in total. The summed E-state index contributed by atoms with van der Waals surface area (Å²) >= 11 is 0. The Morgan fingerprint density at radius 2 is 2.24 bits per heavy atom. The zero-order chi connectivity index (χ0) is 12.3. The number of rotatable bonds is 3. The second kappa shape index (κ2) is 4.92. The highest BCUT2D eigenvalue weighted by Crippen LogP contribution is 2.21. The van der Waals surface area contributed by atoms with Crippen molar-refractivity contribution in [2.75, 3.05) is 17.3 Å². The summed E-state index contributed by atoms with van der Waals surface area (Å²) in [7, 11) is -1.14. The van der Waals surface area contributed by atoms with Crippen LogP contribution in [-0.4, -0.2) is 20.4 Å². The molecule has 1 atom stereocenters. The summed E-state index contributed by atoms with van der Waals surface area (Å²) in [5, 5.41) is 3.07. The average Bonchev–Trinajstić information content (AvgIpc) is 2.29. The van der Waals surface area contributed by atoms with E-state index in [1.54, 1.807) is 18.4 Å². The van der Waals surface area contributed by atoms with Crippen molar-refractivity contribution in [3.8, 4) is 0 Å². The van der Waals surface area contributed by atoms with Gasteiger partial charge in [-0.15, -0.1) is 0 Å². The topological polar surface area (TPSA) is 80.9 Å². The van der Waals surface area contributed by atoms with E-state index in [2.05, 4.69) is 15.3 Å². The quantitative estimate of drug-likeness (QED) is 0.805. The van der Waals surface area contributed by atoms with Gasteiger partial charge in [0.15, 0.2) is 0 Å². The monoisotopic (exact) mass is 248 g/mol. The Balaban J connectivity index is 2.33. The van der Waals surface area contributed by atoms with Crippen LogP contribution in [0.3, 0.4) is 0 Å². The SMILES string of the molecule is CS(=O)c1cncnc1Nc1cccc(N)c1. The van der Waals surface area contributed by atoms with Crippen LogP contribution in [0, 0.1) is 0 Å². The van der Waals surface area contributed by atoms with Crippen LogP contribution >= 0.6 is 0 Å². The molecule has 0 saturated carbocycles. The summed E-state index contributed by atoms with van der Waals surface area (Å²) in [6.45, 7) is 0. The highest BCUT2D eigenvalue weighted by Gasteiger charge is 2.07. The lowest BCUT2D eigenvalue weighted by Crippen LogP contribution is -2.01. The molecule has 0 amide bonds.